The smallest absolute Gasteiger partial charge is 0.407 e. The summed E-state index contributed by atoms with van der Waals surface area (Å²) in [6.07, 6.45) is 11.1. The number of rotatable bonds is 12. The highest BCUT2D eigenvalue weighted by molar-refractivity contribution is 5.87. The standard InChI is InChI=1S/C31H50N4O5/c1-30(2,3)40-29(38)34-24-17-19-31(4,20-18-24)28(37)35-25(27(36)39-5)14-10-8-6-7-9-13-23-16-15-22-12-11-21-32-26(22)33-23/h15-16,24-25H,6-14,17-21H2,1-5H3,(H,32,33)(H,34,38)(H,35,37)/t24?,25-,31?/m0/s1. The number of aryl methyl sites for hydroxylation is 2. The van der Waals surface area contributed by atoms with Gasteiger partial charge in [-0.1, -0.05) is 38.7 Å². The van der Waals surface area contributed by atoms with Crippen LogP contribution in [-0.4, -0.2) is 54.3 Å². The van der Waals surface area contributed by atoms with Gasteiger partial charge in [-0.15, -0.1) is 0 Å². The van der Waals surface area contributed by atoms with Gasteiger partial charge in [0.05, 0.1) is 7.11 Å². The minimum Gasteiger partial charge on any atom is -0.467 e. The van der Waals surface area contributed by atoms with Crippen molar-refractivity contribution in [3.8, 4) is 0 Å². The summed E-state index contributed by atoms with van der Waals surface area (Å²) in [5, 5.41) is 9.29. The number of pyridine rings is 1. The summed E-state index contributed by atoms with van der Waals surface area (Å²) >= 11 is 0. The van der Waals surface area contributed by atoms with Crippen LogP contribution in [0.3, 0.4) is 0 Å². The lowest BCUT2D eigenvalue weighted by Gasteiger charge is -2.37. The Morgan fingerprint density at radius 2 is 1.80 bits per heavy atom. The van der Waals surface area contributed by atoms with Gasteiger partial charge >= 0.3 is 12.1 Å². The number of methoxy groups -OCH3 is 1. The molecule has 1 fully saturated rings. The SMILES string of the molecule is COC(=O)[C@H](CCCCCCCc1ccc2c(n1)NCCC2)NC(=O)C1(C)CCC(NC(=O)OC(C)(C)C)CC1. The van der Waals surface area contributed by atoms with E-state index < -0.39 is 29.1 Å². The van der Waals surface area contributed by atoms with Gasteiger partial charge in [0.15, 0.2) is 0 Å². The van der Waals surface area contributed by atoms with Crippen LogP contribution in [0.4, 0.5) is 10.6 Å². The van der Waals surface area contributed by atoms with E-state index >= 15 is 0 Å². The zero-order valence-electron chi connectivity index (χ0n) is 25.2. The largest absolute Gasteiger partial charge is 0.467 e. The molecule has 2 heterocycles. The van der Waals surface area contributed by atoms with Crippen LogP contribution in [-0.2, 0) is 31.9 Å². The lowest BCUT2D eigenvalue weighted by Crippen LogP contribution is -2.51. The first-order valence-corrected chi connectivity index (χ1v) is 15.1. The first kappa shape index (κ1) is 31.7. The average molecular weight is 559 g/mol. The van der Waals surface area contributed by atoms with Crippen molar-refractivity contribution in [1.29, 1.82) is 0 Å². The Labute approximate surface area is 239 Å². The van der Waals surface area contributed by atoms with Crippen LogP contribution in [0.2, 0.25) is 0 Å². The lowest BCUT2D eigenvalue weighted by molar-refractivity contribution is -0.147. The number of alkyl carbamates (subject to hydrolysis) is 1. The predicted octanol–water partition coefficient (Wildman–Crippen LogP) is 5.45. The molecular weight excluding hydrogens is 508 g/mol. The molecule has 40 heavy (non-hydrogen) atoms. The quantitative estimate of drug-likeness (QED) is 0.230. The molecule has 1 aliphatic carbocycles. The Hall–Kier alpha value is -2.84. The van der Waals surface area contributed by atoms with E-state index in [1.807, 2.05) is 27.7 Å². The second-order valence-electron chi connectivity index (χ2n) is 12.7. The lowest BCUT2D eigenvalue weighted by atomic mass is 9.73. The molecule has 2 amide bonds. The van der Waals surface area contributed by atoms with Gasteiger partial charge in [0.2, 0.25) is 5.91 Å². The van der Waals surface area contributed by atoms with Crippen LogP contribution in [0.5, 0.6) is 0 Å². The van der Waals surface area contributed by atoms with Crippen molar-refractivity contribution in [2.75, 3.05) is 19.0 Å². The van der Waals surface area contributed by atoms with Crippen molar-refractivity contribution in [2.45, 2.75) is 129 Å². The van der Waals surface area contributed by atoms with Crippen LogP contribution >= 0.6 is 0 Å². The highest BCUT2D eigenvalue weighted by Gasteiger charge is 2.39. The van der Waals surface area contributed by atoms with Gasteiger partial charge < -0.3 is 25.4 Å². The van der Waals surface area contributed by atoms with E-state index in [4.69, 9.17) is 14.5 Å². The van der Waals surface area contributed by atoms with Crippen LogP contribution in [0.25, 0.3) is 0 Å². The number of carbonyl (C=O) groups is 3. The van der Waals surface area contributed by atoms with E-state index in [1.165, 1.54) is 19.1 Å². The molecule has 9 nitrogen and oxygen atoms in total. The number of fused-ring (bicyclic) bond motifs is 1. The van der Waals surface area contributed by atoms with E-state index in [0.717, 1.165) is 63.0 Å². The summed E-state index contributed by atoms with van der Waals surface area (Å²) in [4.78, 5) is 42.5. The van der Waals surface area contributed by atoms with Gasteiger partial charge in [0.1, 0.15) is 17.5 Å². The zero-order valence-corrected chi connectivity index (χ0v) is 25.2. The molecule has 2 aliphatic rings. The number of unbranched alkanes of at least 4 members (excludes halogenated alkanes) is 4. The fourth-order valence-electron chi connectivity index (χ4n) is 5.52. The van der Waals surface area contributed by atoms with E-state index in [1.54, 1.807) is 0 Å². The van der Waals surface area contributed by atoms with E-state index in [0.29, 0.717) is 32.1 Å². The predicted molar refractivity (Wildman–Crippen MR) is 156 cm³/mol. The highest BCUT2D eigenvalue weighted by atomic mass is 16.6. The van der Waals surface area contributed by atoms with Gasteiger partial charge in [-0.2, -0.15) is 0 Å². The molecular formula is C31H50N4O5. The fourth-order valence-corrected chi connectivity index (χ4v) is 5.52. The van der Waals surface area contributed by atoms with E-state index in [-0.39, 0.29) is 11.9 Å². The topological polar surface area (TPSA) is 119 Å². The second kappa shape index (κ2) is 14.7. The van der Waals surface area contributed by atoms with Crippen molar-refractivity contribution < 1.29 is 23.9 Å². The minimum absolute atomic E-state index is 0.0215. The Bertz CT molecular complexity index is 998. The molecule has 1 aliphatic heterocycles. The third kappa shape index (κ3) is 9.97. The number of nitrogens with zero attached hydrogens (tertiary/aromatic N) is 1. The third-order valence-corrected chi connectivity index (χ3v) is 8.03. The number of anilines is 1. The monoisotopic (exact) mass is 558 g/mol. The maximum Gasteiger partial charge on any atom is 0.407 e. The van der Waals surface area contributed by atoms with Gasteiger partial charge in [0, 0.05) is 23.7 Å². The summed E-state index contributed by atoms with van der Waals surface area (Å²) in [5.74, 6) is 0.536. The Morgan fingerprint density at radius 3 is 2.50 bits per heavy atom. The summed E-state index contributed by atoms with van der Waals surface area (Å²) < 4.78 is 10.3. The molecule has 1 saturated carbocycles. The zero-order chi connectivity index (χ0) is 29.2. The maximum atomic E-state index is 13.2. The number of esters is 1. The van der Waals surface area contributed by atoms with Crippen LogP contribution in [0, 0.1) is 5.41 Å². The third-order valence-electron chi connectivity index (χ3n) is 8.03. The van der Waals surface area contributed by atoms with Gasteiger partial charge in [-0.25, -0.2) is 14.6 Å². The number of aromatic nitrogens is 1. The Morgan fingerprint density at radius 1 is 1.10 bits per heavy atom. The molecule has 0 saturated heterocycles. The summed E-state index contributed by atoms with van der Waals surface area (Å²) in [6.45, 7) is 8.44. The number of hydrogen-bond donors (Lipinski definition) is 3. The molecule has 0 aromatic carbocycles. The van der Waals surface area contributed by atoms with Crippen LogP contribution in [0.15, 0.2) is 12.1 Å². The molecule has 1 aromatic heterocycles. The Kier molecular flexibility index (Phi) is 11.6. The van der Waals surface area contributed by atoms with Crippen molar-refractivity contribution in [3.05, 3.63) is 23.4 Å². The van der Waals surface area contributed by atoms with Gasteiger partial charge in [-0.05, 0) is 90.2 Å². The first-order valence-electron chi connectivity index (χ1n) is 15.1. The average Bonchev–Trinajstić information content (AvgIpc) is 2.91. The number of carbonyl (C=O) groups excluding carboxylic acids is 3. The van der Waals surface area contributed by atoms with Crippen molar-refractivity contribution in [3.63, 3.8) is 0 Å². The van der Waals surface area contributed by atoms with Gasteiger partial charge in [0.25, 0.3) is 0 Å². The van der Waals surface area contributed by atoms with Gasteiger partial charge in [-0.3, -0.25) is 4.79 Å². The number of ether oxygens (including phenoxy) is 2. The highest BCUT2D eigenvalue weighted by Crippen LogP contribution is 2.36. The molecule has 0 radical (unpaired) electrons. The second-order valence-corrected chi connectivity index (χ2v) is 12.7. The molecule has 9 heteroatoms. The molecule has 3 rings (SSSR count). The summed E-state index contributed by atoms with van der Waals surface area (Å²) in [6, 6.07) is 3.70. The molecule has 3 N–H and O–H groups in total. The number of amides is 2. The Balaban J connectivity index is 1.35. The molecule has 0 spiro atoms. The molecule has 1 atom stereocenters. The molecule has 0 unspecified atom stereocenters. The minimum atomic E-state index is -0.640. The van der Waals surface area contributed by atoms with Crippen LogP contribution < -0.4 is 16.0 Å². The first-order chi connectivity index (χ1) is 19.0. The summed E-state index contributed by atoms with van der Waals surface area (Å²) in [5.41, 5.74) is 1.33. The molecule has 224 valence electrons. The number of nitrogens with one attached hydrogen (secondary N) is 3. The maximum absolute atomic E-state index is 13.2. The van der Waals surface area contributed by atoms with E-state index in [9.17, 15) is 14.4 Å². The summed E-state index contributed by atoms with van der Waals surface area (Å²) in [7, 11) is 1.36. The fraction of sp³-hybridized carbons (Fsp3) is 0.742. The van der Waals surface area contributed by atoms with E-state index in [2.05, 4.69) is 28.1 Å². The van der Waals surface area contributed by atoms with Crippen molar-refractivity contribution in [1.82, 2.24) is 15.6 Å². The molecule has 0 bridgehead atoms. The van der Waals surface area contributed by atoms with Crippen molar-refractivity contribution in [2.24, 2.45) is 5.41 Å². The van der Waals surface area contributed by atoms with Crippen molar-refractivity contribution >= 4 is 23.8 Å². The normalized spacial score (nSPS) is 21.4. The number of hydrogen-bond acceptors (Lipinski definition) is 7. The molecule has 1 aromatic rings. The van der Waals surface area contributed by atoms with Crippen LogP contribution in [0.1, 0.15) is 110 Å².